The van der Waals surface area contributed by atoms with Gasteiger partial charge in [0.25, 0.3) is 0 Å². The van der Waals surface area contributed by atoms with Crippen LogP contribution >= 0.6 is 0 Å². The van der Waals surface area contributed by atoms with Crippen LogP contribution in [0.15, 0.2) is 18.5 Å². The molecule has 2 aromatic rings. The van der Waals surface area contributed by atoms with Gasteiger partial charge in [0.2, 0.25) is 0 Å². The fourth-order valence-corrected chi connectivity index (χ4v) is 1.60. The summed E-state index contributed by atoms with van der Waals surface area (Å²) in [5, 5.41) is 1.29. The number of aromatic nitrogens is 2. The van der Waals surface area contributed by atoms with Crippen molar-refractivity contribution in [3.63, 3.8) is 0 Å². The quantitative estimate of drug-likeness (QED) is 0.577. The van der Waals surface area contributed by atoms with Gasteiger partial charge in [0.05, 0.1) is 5.52 Å². The molecule has 2 nitrogen and oxygen atoms in total. The van der Waals surface area contributed by atoms with E-state index in [1.165, 1.54) is 16.6 Å². The van der Waals surface area contributed by atoms with Crippen molar-refractivity contribution in [3.05, 3.63) is 29.7 Å². The van der Waals surface area contributed by atoms with E-state index in [4.69, 9.17) is 0 Å². The average molecular weight is 160 g/mol. The lowest BCUT2D eigenvalue weighted by Gasteiger charge is -1.97. The van der Waals surface area contributed by atoms with Gasteiger partial charge in [0.15, 0.2) is 0 Å². The molecule has 0 spiro atoms. The van der Waals surface area contributed by atoms with Gasteiger partial charge < -0.3 is 4.57 Å². The second-order valence-electron chi connectivity index (χ2n) is 3.21. The maximum atomic E-state index is 4.30. The first kappa shape index (κ1) is 7.35. The van der Waals surface area contributed by atoms with E-state index in [1.54, 1.807) is 0 Å². The summed E-state index contributed by atoms with van der Waals surface area (Å²) in [5.74, 6) is 0. The smallest absolute Gasteiger partial charge is 0.0883 e. The van der Waals surface area contributed by atoms with Gasteiger partial charge in [-0.2, -0.15) is 0 Å². The first-order valence-electron chi connectivity index (χ1n) is 4.07. The van der Waals surface area contributed by atoms with Gasteiger partial charge in [0, 0.05) is 30.5 Å². The van der Waals surface area contributed by atoms with Crippen LogP contribution in [0, 0.1) is 13.8 Å². The van der Waals surface area contributed by atoms with Crippen LogP contribution in [0.5, 0.6) is 0 Å². The Balaban J connectivity index is 2.97. The van der Waals surface area contributed by atoms with Gasteiger partial charge in [0.1, 0.15) is 0 Å². The van der Waals surface area contributed by atoms with Gasteiger partial charge in [-0.3, -0.25) is 4.98 Å². The van der Waals surface area contributed by atoms with Gasteiger partial charge in [-0.15, -0.1) is 0 Å². The van der Waals surface area contributed by atoms with Crippen molar-refractivity contribution in [1.29, 1.82) is 0 Å². The molecule has 2 aromatic heterocycles. The van der Waals surface area contributed by atoms with Crippen LogP contribution in [0.3, 0.4) is 0 Å². The molecule has 0 bridgehead atoms. The fraction of sp³-hybridized carbons (Fsp3) is 0.300. The number of fused-ring (bicyclic) bond motifs is 1. The zero-order valence-corrected chi connectivity index (χ0v) is 7.63. The average Bonchev–Trinajstić information content (AvgIpc) is 2.29. The Morgan fingerprint density at radius 1 is 1.33 bits per heavy atom. The Kier molecular flexibility index (Phi) is 1.43. The van der Waals surface area contributed by atoms with Crippen LogP contribution < -0.4 is 0 Å². The lowest BCUT2D eigenvalue weighted by atomic mass is 10.1. The Bertz CT molecular complexity index is 427. The third-order valence-electron chi connectivity index (χ3n) is 2.40. The van der Waals surface area contributed by atoms with E-state index >= 15 is 0 Å². The molecule has 0 atom stereocenters. The highest BCUT2D eigenvalue weighted by Gasteiger charge is 2.04. The summed E-state index contributed by atoms with van der Waals surface area (Å²) in [6.45, 7) is 4.24. The van der Waals surface area contributed by atoms with E-state index in [0.717, 1.165) is 5.52 Å². The van der Waals surface area contributed by atoms with Crippen LogP contribution in [-0.4, -0.2) is 9.55 Å². The maximum Gasteiger partial charge on any atom is 0.0883 e. The molecule has 0 fully saturated rings. The predicted octanol–water partition coefficient (Wildman–Crippen LogP) is 2.19. The highest BCUT2D eigenvalue weighted by atomic mass is 14.9. The first-order chi connectivity index (χ1) is 5.70. The van der Waals surface area contributed by atoms with Crippen LogP contribution in [-0.2, 0) is 7.05 Å². The van der Waals surface area contributed by atoms with E-state index in [-0.39, 0.29) is 0 Å². The molecular weight excluding hydrogens is 148 g/mol. The van der Waals surface area contributed by atoms with Gasteiger partial charge in [-0.1, -0.05) is 0 Å². The van der Waals surface area contributed by atoms with Crippen molar-refractivity contribution in [1.82, 2.24) is 9.55 Å². The molecule has 0 radical (unpaired) electrons. The molecule has 0 N–H and O–H groups in total. The van der Waals surface area contributed by atoms with Crippen LogP contribution in [0.1, 0.15) is 11.3 Å². The lowest BCUT2D eigenvalue weighted by molar-refractivity contribution is 0.888. The Labute approximate surface area is 71.8 Å². The minimum Gasteiger partial charge on any atom is -0.352 e. The fourth-order valence-electron chi connectivity index (χ4n) is 1.60. The van der Waals surface area contributed by atoms with Gasteiger partial charge >= 0.3 is 0 Å². The first-order valence-corrected chi connectivity index (χ1v) is 4.07. The molecule has 0 aliphatic heterocycles. The third kappa shape index (κ3) is 0.843. The van der Waals surface area contributed by atoms with Gasteiger partial charge in [-0.05, 0) is 25.5 Å². The zero-order valence-electron chi connectivity index (χ0n) is 7.63. The molecule has 2 heteroatoms. The number of hydrogen-bond acceptors (Lipinski definition) is 1. The summed E-state index contributed by atoms with van der Waals surface area (Å²) in [5.41, 5.74) is 3.68. The normalized spacial score (nSPS) is 10.9. The number of aryl methyl sites for hydroxylation is 3. The van der Waals surface area contributed by atoms with E-state index in [0.29, 0.717) is 0 Å². The van der Waals surface area contributed by atoms with Crippen molar-refractivity contribution in [2.24, 2.45) is 7.05 Å². The molecule has 0 aromatic carbocycles. The number of pyridine rings is 1. The lowest BCUT2D eigenvalue weighted by Crippen LogP contribution is -1.87. The Morgan fingerprint density at radius 3 is 2.75 bits per heavy atom. The summed E-state index contributed by atoms with van der Waals surface area (Å²) in [7, 11) is 2.05. The summed E-state index contributed by atoms with van der Waals surface area (Å²) >= 11 is 0. The minimum absolute atomic E-state index is 1.09. The largest absolute Gasteiger partial charge is 0.352 e. The number of rotatable bonds is 0. The van der Waals surface area contributed by atoms with Crippen molar-refractivity contribution in [3.8, 4) is 0 Å². The Hall–Kier alpha value is -1.31. The standard InChI is InChI=1S/C10H12N2/c1-7-4-5-11-9-6-12(3)8(2)10(7)9/h4-6H,1-3H3. The second kappa shape index (κ2) is 2.34. The zero-order chi connectivity index (χ0) is 8.72. The van der Waals surface area contributed by atoms with Crippen LogP contribution in [0.4, 0.5) is 0 Å². The maximum absolute atomic E-state index is 4.30. The van der Waals surface area contributed by atoms with E-state index in [2.05, 4.69) is 42.7 Å². The summed E-state index contributed by atoms with van der Waals surface area (Å²) in [4.78, 5) is 4.30. The Morgan fingerprint density at radius 2 is 2.08 bits per heavy atom. The van der Waals surface area contributed by atoms with E-state index < -0.39 is 0 Å². The summed E-state index contributed by atoms with van der Waals surface area (Å²) in [6, 6.07) is 2.05. The highest BCUT2D eigenvalue weighted by Crippen LogP contribution is 2.20. The molecule has 12 heavy (non-hydrogen) atoms. The molecule has 2 heterocycles. The molecule has 0 saturated carbocycles. The SMILES string of the molecule is Cc1ccnc2cn(C)c(C)c12. The number of hydrogen-bond donors (Lipinski definition) is 0. The minimum atomic E-state index is 1.09. The monoisotopic (exact) mass is 160 g/mol. The van der Waals surface area contributed by atoms with E-state index in [9.17, 15) is 0 Å². The van der Waals surface area contributed by atoms with Crippen molar-refractivity contribution in [2.75, 3.05) is 0 Å². The number of nitrogens with zero attached hydrogens (tertiary/aromatic N) is 2. The molecule has 0 amide bonds. The molecule has 0 saturated heterocycles. The second-order valence-corrected chi connectivity index (χ2v) is 3.21. The molecule has 2 rings (SSSR count). The van der Waals surface area contributed by atoms with Crippen molar-refractivity contribution in [2.45, 2.75) is 13.8 Å². The highest BCUT2D eigenvalue weighted by molar-refractivity contribution is 5.84. The molecule has 0 unspecified atom stereocenters. The van der Waals surface area contributed by atoms with Crippen molar-refractivity contribution < 1.29 is 0 Å². The van der Waals surface area contributed by atoms with Crippen molar-refractivity contribution >= 4 is 10.9 Å². The van der Waals surface area contributed by atoms with Crippen LogP contribution in [0.25, 0.3) is 10.9 Å². The molecule has 62 valence electrons. The topological polar surface area (TPSA) is 17.8 Å². The molecule has 0 aliphatic rings. The van der Waals surface area contributed by atoms with Gasteiger partial charge in [-0.25, -0.2) is 0 Å². The predicted molar refractivity (Wildman–Crippen MR) is 50.2 cm³/mol. The molecule has 0 aliphatic carbocycles. The summed E-state index contributed by atoms with van der Waals surface area (Å²) in [6.07, 6.45) is 3.93. The molecular formula is C10H12N2. The van der Waals surface area contributed by atoms with E-state index in [1.807, 2.05) is 6.20 Å². The third-order valence-corrected chi connectivity index (χ3v) is 2.40. The van der Waals surface area contributed by atoms with Crippen LogP contribution in [0.2, 0.25) is 0 Å². The summed E-state index contributed by atoms with van der Waals surface area (Å²) < 4.78 is 2.12.